The Kier molecular flexibility index (Phi) is 5.34. The maximum Gasteiger partial charge on any atom is 0.291 e. The monoisotopic (exact) mass is 399 g/mol. The van der Waals surface area contributed by atoms with E-state index in [1.54, 1.807) is 30.5 Å². The topological polar surface area (TPSA) is 98.3 Å². The quantitative estimate of drug-likeness (QED) is 0.360. The molecule has 30 heavy (non-hydrogen) atoms. The van der Waals surface area contributed by atoms with Crippen molar-refractivity contribution in [1.29, 1.82) is 0 Å². The van der Waals surface area contributed by atoms with Gasteiger partial charge in [0.1, 0.15) is 5.76 Å². The van der Waals surface area contributed by atoms with Gasteiger partial charge >= 0.3 is 0 Å². The predicted octanol–water partition coefficient (Wildman–Crippen LogP) is 5.09. The molecule has 7 nitrogen and oxygen atoms in total. The Morgan fingerprint density at radius 3 is 2.63 bits per heavy atom. The van der Waals surface area contributed by atoms with Gasteiger partial charge in [-0.2, -0.15) is 0 Å². The number of benzene rings is 2. The van der Waals surface area contributed by atoms with Crippen LogP contribution in [0.2, 0.25) is 0 Å². The summed E-state index contributed by atoms with van der Waals surface area (Å²) < 4.78 is 5.61. The molecule has 0 radical (unpaired) electrons. The first-order valence-corrected chi connectivity index (χ1v) is 9.23. The van der Waals surface area contributed by atoms with Crippen LogP contribution in [-0.2, 0) is 6.42 Å². The number of rotatable bonds is 6. The Balaban J connectivity index is 1.48. The normalized spacial score (nSPS) is 10.5. The van der Waals surface area contributed by atoms with E-state index in [2.05, 4.69) is 10.3 Å². The third-order valence-electron chi connectivity index (χ3n) is 4.47. The van der Waals surface area contributed by atoms with Crippen LogP contribution in [-0.4, -0.2) is 15.8 Å². The Labute approximate surface area is 172 Å². The molecule has 0 fully saturated rings. The number of amides is 1. The minimum atomic E-state index is -0.476. The summed E-state index contributed by atoms with van der Waals surface area (Å²) in [5, 5.41) is 13.7. The van der Waals surface area contributed by atoms with E-state index in [0.717, 1.165) is 11.3 Å². The molecule has 4 rings (SSSR count). The Morgan fingerprint density at radius 2 is 1.83 bits per heavy atom. The van der Waals surface area contributed by atoms with Gasteiger partial charge in [0.05, 0.1) is 4.92 Å². The molecule has 0 unspecified atom stereocenters. The second kappa shape index (κ2) is 8.40. The molecule has 1 amide bonds. The lowest BCUT2D eigenvalue weighted by Crippen LogP contribution is -2.11. The fraction of sp³-hybridized carbons (Fsp3) is 0.0435. The molecule has 0 spiro atoms. The zero-order chi connectivity index (χ0) is 20.9. The molecule has 2 heterocycles. The number of carbonyl (C=O) groups excluding carboxylic acids is 1. The van der Waals surface area contributed by atoms with Crippen LogP contribution in [0, 0.1) is 10.1 Å². The third-order valence-corrected chi connectivity index (χ3v) is 4.47. The minimum Gasteiger partial charge on any atom is -0.451 e. The van der Waals surface area contributed by atoms with Crippen LogP contribution in [0.25, 0.3) is 11.3 Å². The summed E-state index contributed by atoms with van der Waals surface area (Å²) in [6.07, 6.45) is 2.30. The summed E-state index contributed by atoms with van der Waals surface area (Å²) in [5.41, 5.74) is 3.04. The van der Waals surface area contributed by atoms with Crippen molar-refractivity contribution in [3.8, 4) is 11.3 Å². The Morgan fingerprint density at radius 1 is 1.00 bits per heavy atom. The maximum atomic E-state index is 12.6. The van der Waals surface area contributed by atoms with E-state index in [1.165, 1.54) is 18.2 Å². The van der Waals surface area contributed by atoms with E-state index < -0.39 is 10.8 Å². The highest BCUT2D eigenvalue weighted by Crippen LogP contribution is 2.26. The van der Waals surface area contributed by atoms with E-state index >= 15 is 0 Å². The maximum absolute atomic E-state index is 12.6. The largest absolute Gasteiger partial charge is 0.451 e. The van der Waals surface area contributed by atoms with Crippen LogP contribution < -0.4 is 5.32 Å². The molecule has 2 aromatic carbocycles. The average Bonchev–Trinajstić information content (AvgIpc) is 3.25. The smallest absolute Gasteiger partial charge is 0.291 e. The number of nitrogens with zero attached hydrogens (tertiary/aromatic N) is 2. The Hall–Kier alpha value is -4.26. The fourth-order valence-corrected chi connectivity index (χ4v) is 3.04. The van der Waals surface area contributed by atoms with Crippen LogP contribution in [0.15, 0.2) is 89.5 Å². The second-order valence-electron chi connectivity index (χ2n) is 6.62. The zero-order valence-electron chi connectivity index (χ0n) is 15.8. The number of non-ortho nitro benzene ring substituents is 1. The van der Waals surface area contributed by atoms with Crippen molar-refractivity contribution < 1.29 is 14.1 Å². The van der Waals surface area contributed by atoms with Crippen LogP contribution in [0.4, 0.5) is 11.4 Å². The lowest BCUT2D eigenvalue weighted by atomic mass is 10.1. The highest BCUT2D eigenvalue weighted by molar-refractivity contribution is 6.02. The summed E-state index contributed by atoms with van der Waals surface area (Å²) in [6.45, 7) is 0. The highest BCUT2D eigenvalue weighted by atomic mass is 16.6. The summed E-state index contributed by atoms with van der Waals surface area (Å²) in [5.74, 6) is 0.0739. The first-order chi connectivity index (χ1) is 14.6. The molecule has 0 aliphatic carbocycles. The molecule has 0 saturated carbocycles. The molecule has 1 N–H and O–H groups in total. The second-order valence-corrected chi connectivity index (χ2v) is 6.62. The summed E-state index contributed by atoms with van der Waals surface area (Å²) in [6, 6.07) is 22.7. The van der Waals surface area contributed by atoms with Gasteiger partial charge in [-0.3, -0.25) is 19.9 Å². The van der Waals surface area contributed by atoms with Crippen molar-refractivity contribution in [2.75, 3.05) is 5.32 Å². The van der Waals surface area contributed by atoms with Crippen LogP contribution in [0.5, 0.6) is 0 Å². The van der Waals surface area contributed by atoms with E-state index in [9.17, 15) is 14.9 Å². The number of aromatic nitrogens is 1. The molecule has 148 valence electrons. The summed E-state index contributed by atoms with van der Waals surface area (Å²) in [7, 11) is 0. The van der Waals surface area contributed by atoms with Gasteiger partial charge in [0.2, 0.25) is 0 Å². The number of nitro groups is 1. The summed E-state index contributed by atoms with van der Waals surface area (Å²) in [4.78, 5) is 27.4. The first-order valence-electron chi connectivity index (χ1n) is 9.23. The molecule has 0 aliphatic rings. The number of hydrogen-bond acceptors (Lipinski definition) is 5. The first kappa shape index (κ1) is 19.1. The number of pyridine rings is 1. The number of furan rings is 1. The van der Waals surface area contributed by atoms with Crippen LogP contribution >= 0.6 is 0 Å². The molecule has 0 bridgehead atoms. The molecule has 0 aliphatic heterocycles. The average molecular weight is 399 g/mol. The highest BCUT2D eigenvalue weighted by Gasteiger charge is 2.15. The third kappa shape index (κ3) is 4.41. The number of nitro benzene ring substituents is 1. The molecule has 2 aromatic heterocycles. The van der Waals surface area contributed by atoms with Crippen molar-refractivity contribution in [1.82, 2.24) is 4.98 Å². The van der Waals surface area contributed by atoms with Crippen molar-refractivity contribution in [3.63, 3.8) is 0 Å². The fourth-order valence-electron chi connectivity index (χ4n) is 3.04. The lowest BCUT2D eigenvalue weighted by Gasteiger charge is -2.06. The van der Waals surface area contributed by atoms with Crippen LogP contribution in [0.1, 0.15) is 21.8 Å². The van der Waals surface area contributed by atoms with Gasteiger partial charge < -0.3 is 9.73 Å². The minimum absolute atomic E-state index is 0.0439. The van der Waals surface area contributed by atoms with Gasteiger partial charge in [0, 0.05) is 41.7 Å². The van der Waals surface area contributed by atoms with Crippen molar-refractivity contribution >= 4 is 17.3 Å². The lowest BCUT2D eigenvalue weighted by molar-refractivity contribution is -0.384. The van der Waals surface area contributed by atoms with Gasteiger partial charge in [-0.15, -0.1) is 0 Å². The molecule has 4 aromatic rings. The summed E-state index contributed by atoms with van der Waals surface area (Å²) >= 11 is 0. The van der Waals surface area contributed by atoms with Gasteiger partial charge in [0.15, 0.2) is 5.76 Å². The molecule has 0 atom stereocenters. The van der Waals surface area contributed by atoms with Crippen LogP contribution in [0.3, 0.4) is 0 Å². The number of hydrogen-bond donors (Lipinski definition) is 1. The molecule has 0 saturated heterocycles. The van der Waals surface area contributed by atoms with E-state index in [1.807, 2.05) is 36.4 Å². The van der Waals surface area contributed by atoms with Gasteiger partial charge in [-0.25, -0.2) is 0 Å². The van der Waals surface area contributed by atoms with E-state index in [0.29, 0.717) is 23.4 Å². The van der Waals surface area contributed by atoms with Crippen molar-refractivity contribution in [2.24, 2.45) is 0 Å². The van der Waals surface area contributed by atoms with Gasteiger partial charge in [0.25, 0.3) is 11.6 Å². The van der Waals surface area contributed by atoms with Crippen molar-refractivity contribution in [2.45, 2.75) is 6.42 Å². The van der Waals surface area contributed by atoms with E-state index in [4.69, 9.17) is 4.42 Å². The molecule has 7 heteroatoms. The Bertz CT molecular complexity index is 1200. The van der Waals surface area contributed by atoms with Crippen molar-refractivity contribution in [3.05, 3.63) is 112 Å². The van der Waals surface area contributed by atoms with Gasteiger partial charge in [-0.1, -0.05) is 42.5 Å². The molecular formula is C23H17N3O4. The van der Waals surface area contributed by atoms with E-state index in [-0.39, 0.29) is 11.4 Å². The van der Waals surface area contributed by atoms with Gasteiger partial charge in [-0.05, 0) is 29.8 Å². The predicted molar refractivity (Wildman–Crippen MR) is 112 cm³/mol. The SMILES string of the molecule is O=C(Nc1ccnc(Cc2ccccc2)c1)c1ccc(-c2cccc([N+](=O)[O-])c2)o1. The zero-order valence-corrected chi connectivity index (χ0v) is 15.8. The number of anilines is 1. The number of carbonyl (C=O) groups is 1. The molecular weight excluding hydrogens is 382 g/mol. The number of nitrogens with one attached hydrogen (secondary N) is 1. The standard InChI is InChI=1S/C23H17N3O4/c27-23(22-10-9-21(30-22)17-7-4-8-20(14-17)26(28)29)25-18-11-12-24-19(15-18)13-16-5-2-1-3-6-16/h1-12,14-15H,13H2,(H,24,25,27).